The lowest BCUT2D eigenvalue weighted by Crippen LogP contribution is -2.56. The predicted molar refractivity (Wildman–Crippen MR) is 62.4 cm³/mol. The summed E-state index contributed by atoms with van der Waals surface area (Å²) in [6, 6.07) is 0.279. The van der Waals surface area contributed by atoms with Crippen LogP contribution in [0, 0.1) is 5.41 Å². The molecular formula is C12H24N2O. The monoisotopic (exact) mass is 212 g/mol. The Kier molecular flexibility index (Phi) is 3.44. The molecule has 0 aliphatic heterocycles. The van der Waals surface area contributed by atoms with Crippen molar-refractivity contribution in [3.8, 4) is 0 Å². The van der Waals surface area contributed by atoms with Crippen LogP contribution in [0.1, 0.15) is 53.4 Å². The van der Waals surface area contributed by atoms with Crippen LogP contribution in [0.2, 0.25) is 0 Å². The highest BCUT2D eigenvalue weighted by atomic mass is 16.2. The maximum atomic E-state index is 11.8. The topological polar surface area (TPSA) is 55.1 Å². The van der Waals surface area contributed by atoms with Gasteiger partial charge in [0.25, 0.3) is 0 Å². The van der Waals surface area contributed by atoms with E-state index in [-0.39, 0.29) is 17.4 Å². The molecule has 1 fully saturated rings. The van der Waals surface area contributed by atoms with Crippen molar-refractivity contribution < 1.29 is 4.79 Å². The lowest BCUT2D eigenvalue weighted by atomic mass is 9.73. The van der Waals surface area contributed by atoms with E-state index in [0.29, 0.717) is 0 Å². The Morgan fingerprint density at radius 3 is 2.47 bits per heavy atom. The van der Waals surface area contributed by atoms with Crippen LogP contribution in [0.25, 0.3) is 0 Å². The smallest absolute Gasteiger partial charge is 0.239 e. The maximum absolute atomic E-state index is 11.8. The maximum Gasteiger partial charge on any atom is 0.239 e. The molecule has 3 heteroatoms. The van der Waals surface area contributed by atoms with E-state index in [2.05, 4.69) is 19.2 Å². The quantitative estimate of drug-likeness (QED) is 0.733. The number of hydrogen-bond donors (Lipinski definition) is 2. The van der Waals surface area contributed by atoms with E-state index < -0.39 is 5.54 Å². The van der Waals surface area contributed by atoms with Crippen LogP contribution in [0.3, 0.4) is 0 Å². The van der Waals surface area contributed by atoms with Crippen LogP contribution in [0.4, 0.5) is 0 Å². The third-order valence-electron chi connectivity index (χ3n) is 3.40. The second-order valence-electron chi connectivity index (χ2n) is 5.98. The summed E-state index contributed by atoms with van der Waals surface area (Å²) in [6.07, 6.45) is 4.74. The van der Waals surface area contributed by atoms with Crippen molar-refractivity contribution >= 4 is 5.91 Å². The third kappa shape index (κ3) is 3.20. The summed E-state index contributed by atoms with van der Waals surface area (Å²) in [5, 5.41) is 3.09. The summed E-state index contributed by atoms with van der Waals surface area (Å²) in [4.78, 5) is 11.8. The lowest BCUT2D eigenvalue weighted by molar-refractivity contribution is -0.127. The van der Waals surface area contributed by atoms with E-state index in [1.54, 1.807) is 13.8 Å². The van der Waals surface area contributed by atoms with Gasteiger partial charge in [0, 0.05) is 6.04 Å². The highest BCUT2D eigenvalue weighted by Gasteiger charge is 2.35. The van der Waals surface area contributed by atoms with Crippen molar-refractivity contribution in [3.05, 3.63) is 0 Å². The number of hydrogen-bond acceptors (Lipinski definition) is 2. The molecule has 1 aliphatic rings. The van der Waals surface area contributed by atoms with Crippen LogP contribution < -0.4 is 11.1 Å². The molecular weight excluding hydrogens is 188 g/mol. The molecule has 0 aromatic carbocycles. The fraction of sp³-hybridized carbons (Fsp3) is 0.917. The van der Waals surface area contributed by atoms with Gasteiger partial charge in [-0.25, -0.2) is 0 Å². The summed E-state index contributed by atoms with van der Waals surface area (Å²) in [7, 11) is 0. The Morgan fingerprint density at radius 1 is 1.40 bits per heavy atom. The van der Waals surface area contributed by atoms with Gasteiger partial charge < -0.3 is 11.1 Å². The van der Waals surface area contributed by atoms with Crippen LogP contribution in [0.5, 0.6) is 0 Å². The second kappa shape index (κ2) is 4.12. The first-order chi connectivity index (χ1) is 6.73. The molecule has 0 heterocycles. The van der Waals surface area contributed by atoms with E-state index in [1.165, 1.54) is 19.3 Å². The van der Waals surface area contributed by atoms with Gasteiger partial charge in [0.05, 0.1) is 5.54 Å². The standard InChI is InChI=1S/C12H24N2O/c1-11(2)8-6-5-7-9(11)14-10(15)12(3,4)13/h9H,5-8,13H2,1-4H3,(H,14,15). The van der Waals surface area contributed by atoms with Gasteiger partial charge >= 0.3 is 0 Å². The summed E-state index contributed by atoms with van der Waals surface area (Å²) < 4.78 is 0. The second-order valence-corrected chi connectivity index (χ2v) is 5.98. The molecule has 0 aromatic rings. The van der Waals surface area contributed by atoms with Crippen molar-refractivity contribution in [2.75, 3.05) is 0 Å². The fourth-order valence-electron chi connectivity index (χ4n) is 2.11. The largest absolute Gasteiger partial charge is 0.351 e. The minimum Gasteiger partial charge on any atom is -0.351 e. The van der Waals surface area contributed by atoms with Crippen molar-refractivity contribution in [2.45, 2.75) is 65.0 Å². The van der Waals surface area contributed by atoms with Crippen molar-refractivity contribution in [1.29, 1.82) is 0 Å². The average molecular weight is 212 g/mol. The molecule has 1 unspecified atom stereocenters. The Morgan fingerprint density at radius 2 is 2.00 bits per heavy atom. The molecule has 3 N–H and O–H groups in total. The Hall–Kier alpha value is -0.570. The van der Waals surface area contributed by atoms with Gasteiger partial charge in [-0.3, -0.25) is 4.79 Å². The van der Waals surface area contributed by atoms with Crippen LogP contribution >= 0.6 is 0 Å². The lowest BCUT2D eigenvalue weighted by Gasteiger charge is -2.40. The van der Waals surface area contributed by atoms with Gasteiger partial charge in [-0.05, 0) is 32.1 Å². The van der Waals surface area contributed by atoms with Crippen LogP contribution in [0.15, 0.2) is 0 Å². The summed E-state index contributed by atoms with van der Waals surface area (Å²) in [5.41, 5.74) is 5.21. The Bertz CT molecular complexity index is 240. The zero-order chi connectivity index (χ0) is 11.7. The molecule has 1 atom stereocenters. The minimum atomic E-state index is -0.770. The van der Waals surface area contributed by atoms with Crippen molar-refractivity contribution in [3.63, 3.8) is 0 Å². The molecule has 3 nitrogen and oxygen atoms in total. The molecule has 0 radical (unpaired) electrons. The van der Waals surface area contributed by atoms with Crippen LogP contribution in [-0.2, 0) is 4.79 Å². The first-order valence-corrected chi connectivity index (χ1v) is 5.83. The molecule has 1 aliphatic carbocycles. The van der Waals surface area contributed by atoms with E-state index in [1.807, 2.05) is 0 Å². The summed E-state index contributed by atoms with van der Waals surface area (Å²) in [5.74, 6) is -0.0394. The number of carbonyl (C=O) groups is 1. The van der Waals surface area contributed by atoms with Crippen molar-refractivity contribution in [2.24, 2.45) is 11.1 Å². The first-order valence-electron chi connectivity index (χ1n) is 5.83. The van der Waals surface area contributed by atoms with Crippen LogP contribution in [-0.4, -0.2) is 17.5 Å². The molecule has 0 saturated heterocycles. The molecule has 1 amide bonds. The average Bonchev–Trinajstić information content (AvgIpc) is 2.06. The number of nitrogens with one attached hydrogen (secondary N) is 1. The van der Waals surface area contributed by atoms with E-state index in [9.17, 15) is 4.79 Å². The van der Waals surface area contributed by atoms with Gasteiger partial charge in [0.1, 0.15) is 0 Å². The van der Waals surface area contributed by atoms with Gasteiger partial charge in [-0.15, -0.1) is 0 Å². The number of amides is 1. The van der Waals surface area contributed by atoms with Gasteiger partial charge in [-0.2, -0.15) is 0 Å². The molecule has 88 valence electrons. The first kappa shape index (κ1) is 12.5. The normalized spacial score (nSPS) is 26.1. The summed E-state index contributed by atoms with van der Waals surface area (Å²) in [6.45, 7) is 7.94. The molecule has 1 saturated carbocycles. The van der Waals surface area contributed by atoms with Crippen molar-refractivity contribution in [1.82, 2.24) is 5.32 Å². The fourth-order valence-corrected chi connectivity index (χ4v) is 2.11. The molecule has 0 spiro atoms. The molecule has 15 heavy (non-hydrogen) atoms. The highest BCUT2D eigenvalue weighted by Crippen LogP contribution is 2.35. The molecule has 1 rings (SSSR count). The zero-order valence-electron chi connectivity index (χ0n) is 10.4. The zero-order valence-corrected chi connectivity index (χ0v) is 10.4. The van der Waals surface area contributed by atoms with Gasteiger partial charge in [0.2, 0.25) is 5.91 Å². The minimum absolute atomic E-state index is 0.0394. The molecule has 0 bridgehead atoms. The van der Waals surface area contributed by atoms with E-state index >= 15 is 0 Å². The number of carbonyl (C=O) groups excluding carboxylic acids is 1. The van der Waals surface area contributed by atoms with E-state index in [0.717, 1.165) is 6.42 Å². The number of nitrogens with two attached hydrogens (primary N) is 1. The SMILES string of the molecule is CC(C)(N)C(=O)NC1CCCCC1(C)C. The summed E-state index contributed by atoms with van der Waals surface area (Å²) >= 11 is 0. The van der Waals surface area contributed by atoms with E-state index in [4.69, 9.17) is 5.73 Å². The molecule has 0 aromatic heterocycles. The predicted octanol–water partition coefficient (Wildman–Crippen LogP) is 1.81. The third-order valence-corrected chi connectivity index (χ3v) is 3.40. The van der Waals surface area contributed by atoms with Gasteiger partial charge in [0.15, 0.2) is 0 Å². The van der Waals surface area contributed by atoms with Gasteiger partial charge in [-0.1, -0.05) is 26.7 Å². The highest BCUT2D eigenvalue weighted by molar-refractivity contribution is 5.85. The Labute approximate surface area is 92.8 Å². The number of rotatable bonds is 2. The Balaban J connectivity index is 2.61.